The van der Waals surface area contributed by atoms with E-state index in [-0.39, 0.29) is 0 Å². The Morgan fingerprint density at radius 1 is 1.50 bits per heavy atom. The summed E-state index contributed by atoms with van der Waals surface area (Å²) >= 11 is 0. The highest BCUT2D eigenvalue weighted by Crippen LogP contribution is 1.98. The summed E-state index contributed by atoms with van der Waals surface area (Å²) in [5.74, 6) is 0. The fraction of sp³-hybridized carbons (Fsp3) is 0.222. The van der Waals surface area contributed by atoms with Gasteiger partial charge in [0.2, 0.25) is 0 Å². The molecular formula is C9H10N. The Balaban J connectivity index is 2.67. The highest BCUT2D eigenvalue weighted by Gasteiger charge is 1.80. The third kappa shape index (κ3) is 2.02. The van der Waals surface area contributed by atoms with E-state index in [1.807, 2.05) is 18.2 Å². The minimum atomic E-state index is 0.961. The number of hydrogen-bond donors (Lipinski definition) is 0. The zero-order valence-electron chi connectivity index (χ0n) is 6.04. The van der Waals surface area contributed by atoms with Crippen LogP contribution < -0.4 is 0 Å². The predicted octanol–water partition coefficient (Wildman–Crippen LogP) is 2.31. The van der Waals surface area contributed by atoms with Gasteiger partial charge in [0, 0.05) is 12.4 Å². The maximum atomic E-state index is 3.91. The number of hydrogen-bond acceptors (Lipinski definition) is 1. The average Bonchev–Trinajstić information content (AvgIpc) is 2.03. The lowest BCUT2D eigenvalue weighted by molar-refractivity contribution is 1.19. The molecule has 0 aromatic carbocycles. The normalized spacial score (nSPS) is 10.5. The fourth-order valence-electron chi connectivity index (χ4n) is 0.680. The summed E-state index contributed by atoms with van der Waals surface area (Å²) in [5.41, 5.74) is 1.16. The van der Waals surface area contributed by atoms with Crippen LogP contribution in [0.25, 0.3) is 6.08 Å². The van der Waals surface area contributed by atoms with Gasteiger partial charge in [-0.3, -0.25) is 4.98 Å². The van der Waals surface area contributed by atoms with E-state index < -0.39 is 0 Å². The van der Waals surface area contributed by atoms with Crippen molar-refractivity contribution >= 4 is 6.08 Å². The molecule has 1 nitrogen and oxygen atoms in total. The van der Waals surface area contributed by atoms with Crippen molar-refractivity contribution in [3.8, 4) is 0 Å². The number of aromatic nitrogens is 1. The van der Waals surface area contributed by atoms with Gasteiger partial charge >= 0.3 is 0 Å². The molecule has 0 saturated carbocycles. The van der Waals surface area contributed by atoms with Crippen LogP contribution in [0.15, 0.2) is 24.5 Å². The third-order valence-electron chi connectivity index (χ3n) is 1.18. The van der Waals surface area contributed by atoms with Crippen LogP contribution in [-0.2, 0) is 0 Å². The van der Waals surface area contributed by atoms with Crippen molar-refractivity contribution in [2.45, 2.75) is 13.3 Å². The molecule has 1 rings (SSSR count). The van der Waals surface area contributed by atoms with Crippen LogP contribution in [0.1, 0.15) is 18.9 Å². The molecule has 0 aliphatic rings. The van der Waals surface area contributed by atoms with Crippen LogP contribution in [0.5, 0.6) is 0 Å². The first-order chi connectivity index (χ1) is 4.93. The molecule has 0 aliphatic heterocycles. The summed E-state index contributed by atoms with van der Waals surface area (Å²) in [6.45, 7) is 2.07. The van der Waals surface area contributed by atoms with Crippen LogP contribution in [0.3, 0.4) is 0 Å². The zero-order chi connectivity index (χ0) is 7.23. The molecule has 0 N–H and O–H groups in total. The molecule has 0 fully saturated rings. The van der Waals surface area contributed by atoms with Gasteiger partial charge in [0.1, 0.15) is 0 Å². The summed E-state index contributed by atoms with van der Waals surface area (Å²) in [7, 11) is 0. The van der Waals surface area contributed by atoms with E-state index >= 15 is 0 Å². The van der Waals surface area contributed by atoms with Gasteiger partial charge in [-0.15, -0.1) is 0 Å². The standard InChI is InChI=1S/C9H10N/c1-2-3-4-9-5-7-10-8-6-9/h4-8H,2H2,1H3. The largest absolute Gasteiger partial charge is 0.265 e. The molecule has 0 atom stereocenters. The maximum absolute atomic E-state index is 3.91. The zero-order valence-corrected chi connectivity index (χ0v) is 6.04. The van der Waals surface area contributed by atoms with Gasteiger partial charge in [-0.05, 0) is 30.2 Å². The van der Waals surface area contributed by atoms with Crippen molar-refractivity contribution in [2.24, 2.45) is 0 Å². The first kappa shape index (κ1) is 7.00. The second-order valence-corrected chi connectivity index (χ2v) is 1.98. The Bertz CT molecular complexity index is 201. The molecule has 10 heavy (non-hydrogen) atoms. The van der Waals surface area contributed by atoms with Crippen LogP contribution in [0.4, 0.5) is 0 Å². The van der Waals surface area contributed by atoms with Crippen LogP contribution in [0, 0.1) is 6.08 Å². The number of pyridine rings is 1. The molecule has 0 aliphatic carbocycles. The number of allylic oxidation sites excluding steroid dienone is 1. The van der Waals surface area contributed by atoms with Crippen molar-refractivity contribution in [1.29, 1.82) is 0 Å². The second-order valence-electron chi connectivity index (χ2n) is 1.98. The van der Waals surface area contributed by atoms with Crippen LogP contribution in [-0.4, -0.2) is 4.98 Å². The highest BCUT2D eigenvalue weighted by molar-refractivity contribution is 5.45. The van der Waals surface area contributed by atoms with Crippen molar-refractivity contribution in [1.82, 2.24) is 4.98 Å². The lowest BCUT2D eigenvalue weighted by Gasteiger charge is -1.87. The Kier molecular flexibility index (Phi) is 2.68. The first-order valence-electron chi connectivity index (χ1n) is 3.40. The quantitative estimate of drug-likeness (QED) is 0.601. The van der Waals surface area contributed by atoms with Crippen molar-refractivity contribution in [3.05, 3.63) is 36.2 Å². The highest BCUT2D eigenvalue weighted by atomic mass is 14.6. The van der Waals surface area contributed by atoms with Gasteiger partial charge < -0.3 is 0 Å². The SMILES string of the molecule is CC/[C]=C/c1ccncc1. The second kappa shape index (κ2) is 3.83. The molecule has 0 saturated heterocycles. The van der Waals surface area contributed by atoms with E-state index in [2.05, 4.69) is 18.0 Å². The summed E-state index contributed by atoms with van der Waals surface area (Å²) in [4.78, 5) is 3.91. The van der Waals surface area contributed by atoms with Crippen LogP contribution in [0.2, 0.25) is 0 Å². The lowest BCUT2D eigenvalue weighted by Crippen LogP contribution is -1.71. The molecule has 51 valence electrons. The van der Waals surface area contributed by atoms with Crippen molar-refractivity contribution < 1.29 is 0 Å². The lowest BCUT2D eigenvalue weighted by atomic mass is 10.2. The number of rotatable bonds is 2. The van der Waals surface area contributed by atoms with Crippen molar-refractivity contribution in [3.63, 3.8) is 0 Å². The monoisotopic (exact) mass is 132 g/mol. The van der Waals surface area contributed by atoms with E-state index in [0.29, 0.717) is 0 Å². The van der Waals surface area contributed by atoms with E-state index in [9.17, 15) is 0 Å². The van der Waals surface area contributed by atoms with Gasteiger partial charge in [0.25, 0.3) is 0 Å². The predicted molar refractivity (Wildman–Crippen MR) is 42.2 cm³/mol. The van der Waals surface area contributed by atoms with Gasteiger partial charge in [-0.2, -0.15) is 0 Å². The van der Waals surface area contributed by atoms with E-state index in [1.54, 1.807) is 12.4 Å². The summed E-state index contributed by atoms with van der Waals surface area (Å²) in [6.07, 6.45) is 9.61. The molecule has 1 heterocycles. The molecule has 1 aromatic heterocycles. The fourth-order valence-corrected chi connectivity index (χ4v) is 0.680. The summed E-state index contributed by atoms with van der Waals surface area (Å²) in [6, 6.07) is 3.92. The van der Waals surface area contributed by atoms with E-state index in [0.717, 1.165) is 12.0 Å². The molecule has 1 heteroatoms. The van der Waals surface area contributed by atoms with Gasteiger partial charge in [0.05, 0.1) is 0 Å². The minimum Gasteiger partial charge on any atom is -0.265 e. The molecule has 0 spiro atoms. The summed E-state index contributed by atoms with van der Waals surface area (Å²) < 4.78 is 0. The first-order valence-corrected chi connectivity index (χ1v) is 3.40. The van der Waals surface area contributed by atoms with Gasteiger partial charge in [0.15, 0.2) is 0 Å². The molecule has 0 bridgehead atoms. The smallest absolute Gasteiger partial charge is 0.0273 e. The maximum Gasteiger partial charge on any atom is 0.0273 e. The van der Waals surface area contributed by atoms with Crippen molar-refractivity contribution in [2.75, 3.05) is 0 Å². The molecule has 0 unspecified atom stereocenters. The molecule has 0 amide bonds. The Morgan fingerprint density at radius 3 is 2.80 bits per heavy atom. The Hall–Kier alpha value is -1.11. The topological polar surface area (TPSA) is 12.9 Å². The van der Waals surface area contributed by atoms with Gasteiger partial charge in [-0.25, -0.2) is 0 Å². The van der Waals surface area contributed by atoms with E-state index in [4.69, 9.17) is 0 Å². The van der Waals surface area contributed by atoms with Crippen LogP contribution >= 0.6 is 0 Å². The molecule has 1 aromatic rings. The Morgan fingerprint density at radius 2 is 2.20 bits per heavy atom. The minimum absolute atomic E-state index is 0.961. The molecule has 1 radical (unpaired) electrons. The molecular weight excluding hydrogens is 122 g/mol. The number of nitrogens with zero attached hydrogens (tertiary/aromatic N) is 1. The average molecular weight is 132 g/mol. The third-order valence-corrected chi connectivity index (χ3v) is 1.18. The van der Waals surface area contributed by atoms with E-state index in [1.165, 1.54) is 0 Å². The Labute approximate surface area is 61.4 Å². The van der Waals surface area contributed by atoms with Gasteiger partial charge in [-0.1, -0.05) is 13.0 Å². The summed E-state index contributed by atoms with van der Waals surface area (Å²) in [5, 5.41) is 0.